The Morgan fingerprint density at radius 2 is 1.69 bits per heavy atom. The van der Waals surface area contributed by atoms with E-state index in [0.29, 0.717) is 17.3 Å². The number of carbonyl (C=O) groups excluding carboxylic acids is 2. The molecule has 1 heterocycles. The molecule has 0 unspecified atom stereocenters. The van der Waals surface area contributed by atoms with Crippen LogP contribution in [-0.4, -0.2) is 16.0 Å². The van der Waals surface area contributed by atoms with Crippen molar-refractivity contribution in [2.45, 2.75) is 13.2 Å². The highest BCUT2D eigenvalue weighted by Crippen LogP contribution is 2.37. The third kappa shape index (κ3) is 5.75. The summed E-state index contributed by atoms with van der Waals surface area (Å²) in [6.07, 6.45) is 1.76. The Balaban J connectivity index is 1.59. The Bertz CT molecular complexity index is 1200. The van der Waals surface area contributed by atoms with E-state index in [2.05, 4.69) is 61.1 Å². The second-order valence-corrected chi connectivity index (χ2v) is 11.3. The van der Waals surface area contributed by atoms with E-state index in [1.807, 2.05) is 66.7 Å². The number of hydrogen-bond donors (Lipinski definition) is 0. The predicted molar refractivity (Wildman–Crippen MR) is 148 cm³/mol. The SMILES string of the molecule is O=C1S/C(=C/c2cc(I)cc(I)c2OCc2ccccc2)C(=O)N1Cc1ccc(Br)cc1. The number of ether oxygens (including phenoxy) is 1. The molecule has 32 heavy (non-hydrogen) atoms. The zero-order chi connectivity index (χ0) is 22.7. The van der Waals surface area contributed by atoms with Crippen LogP contribution in [0.3, 0.4) is 0 Å². The standard InChI is InChI=1S/C24H16BrI2NO3S/c25-18-8-6-15(7-9-18)13-28-23(29)21(32-24(28)30)11-17-10-19(26)12-20(27)22(17)31-14-16-4-2-1-3-5-16/h1-12H,13-14H2/b21-11+. The van der Waals surface area contributed by atoms with Crippen LogP contribution in [0.4, 0.5) is 4.79 Å². The quantitative estimate of drug-likeness (QED) is 0.195. The monoisotopic (exact) mass is 731 g/mol. The number of rotatable bonds is 6. The minimum Gasteiger partial charge on any atom is -0.487 e. The van der Waals surface area contributed by atoms with Crippen molar-refractivity contribution in [1.82, 2.24) is 4.90 Å². The molecule has 0 atom stereocenters. The van der Waals surface area contributed by atoms with Crippen molar-refractivity contribution in [2.24, 2.45) is 0 Å². The summed E-state index contributed by atoms with van der Waals surface area (Å²) in [7, 11) is 0. The molecule has 8 heteroatoms. The third-order valence-electron chi connectivity index (χ3n) is 4.68. The van der Waals surface area contributed by atoms with Gasteiger partial charge in [-0.25, -0.2) is 0 Å². The molecule has 4 nitrogen and oxygen atoms in total. The minimum absolute atomic E-state index is 0.247. The minimum atomic E-state index is -0.286. The van der Waals surface area contributed by atoms with E-state index < -0.39 is 0 Å². The summed E-state index contributed by atoms with van der Waals surface area (Å²) in [5.41, 5.74) is 2.74. The van der Waals surface area contributed by atoms with E-state index in [9.17, 15) is 9.59 Å². The molecule has 162 valence electrons. The van der Waals surface area contributed by atoms with Gasteiger partial charge >= 0.3 is 0 Å². The molecule has 1 fully saturated rings. The summed E-state index contributed by atoms with van der Waals surface area (Å²) < 4.78 is 9.06. The first kappa shape index (κ1) is 23.8. The van der Waals surface area contributed by atoms with Crippen LogP contribution < -0.4 is 4.74 Å². The van der Waals surface area contributed by atoms with Gasteiger partial charge in [0.05, 0.1) is 15.0 Å². The Hall–Kier alpha value is -1.37. The molecule has 0 bridgehead atoms. The summed E-state index contributed by atoms with van der Waals surface area (Å²) in [5, 5.41) is -0.267. The van der Waals surface area contributed by atoms with Crippen LogP contribution >= 0.6 is 72.9 Å². The lowest BCUT2D eigenvalue weighted by atomic mass is 10.1. The molecule has 1 aliphatic heterocycles. The van der Waals surface area contributed by atoms with Gasteiger partial charge in [0.2, 0.25) is 0 Å². The largest absolute Gasteiger partial charge is 0.487 e. The summed E-state index contributed by atoms with van der Waals surface area (Å²) in [5.74, 6) is 0.417. The van der Waals surface area contributed by atoms with Crippen molar-refractivity contribution in [3.05, 3.63) is 99.9 Å². The van der Waals surface area contributed by atoms with Gasteiger partial charge in [-0.1, -0.05) is 58.4 Å². The zero-order valence-electron chi connectivity index (χ0n) is 16.6. The van der Waals surface area contributed by atoms with E-state index in [1.165, 1.54) is 4.90 Å². The molecule has 3 aromatic carbocycles. The molecule has 0 aliphatic carbocycles. The molecule has 0 saturated carbocycles. The highest BCUT2D eigenvalue weighted by atomic mass is 127. The average Bonchev–Trinajstić information content (AvgIpc) is 3.02. The first-order valence-electron chi connectivity index (χ1n) is 9.56. The highest BCUT2D eigenvalue weighted by Gasteiger charge is 2.35. The van der Waals surface area contributed by atoms with Crippen LogP contribution in [0, 0.1) is 7.14 Å². The summed E-state index contributed by atoms with van der Waals surface area (Å²) in [6, 6.07) is 21.5. The second kappa shape index (κ2) is 10.7. The second-order valence-electron chi connectivity index (χ2n) is 6.97. The molecule has 0 radical (unpaired) electrons. The molecule has 1 saturated heterocycles. The predicted octanol–water partition coefficient (Wildman–Crippen LogP) is 7.47. The van der Waals surface area contributed by atoms with Gasteiger partial charge in [-0.3, -0.25) is 14.5 Å². The van der Waals surface area contributed by atoms with Crippen LogP contribution in [0.5, 0.6) is 5.75 Å². The van der Waals surface area contributed by atoms with Crippen LogP contribution in [0.2, 0.25) is 0 Å². The summed E-state index contributed by atoms with van der Waals surface area (Å²) in [4.78, 5) is 27.3. The number of imide groups is 1. The average molecular weight is 732 g/mol. The van der Waals surface area contributed by atoms with Crippen LogP contribution in [0.25, 0.3) is 6.08 Å². The van der Waals surface area contributed by atoms with Crippen molar-refractivity contribution in [3.8, 4) is 5.75 Å². The van der Waals surface area contributed by atoms with Crippen LogP contribution in [-0.2, 0) is 17.9 Å². The number of carbonyl (C=O) groups is 2. The molecule has 0 spiro atoms. The van der Waals surface area contributed by atoms with Crippen molar-refractivity contribution in [3.63, 3.8) is 0 Å². The van der Waals surface area contributed by atoms with E-state index in [1.54, 1.807) is 6.08 Å². The number of benzene rings is 3. The van der Waals surface area contributed by atoms with Gasteiger partial charge in [0.15, 0.2) is 0 Å². The van der Waals surface area contributed by atoms with Crippen molar-refractivity contribution < 1.29 is 14.3 Å². The fraction of sp³-hybridized carbons (Fsp3) is 0.0833. The maximum absolute atomic E-state index is 13.0. The van der Waals surface area contributed by atoms with Crippen molar-refractivity contribution in [2.75, 3.05) is 0 Å². The number of amides is 2. The first-order valence-corrected chi connectivity index (χ1v) is 13.3. The molecule has 1 aliphatic rings. The fourth-order valence-electron chi connectivity index (χ4n) is 3.12. The Morgan fingerprint density at radius 1 is 0.969 bits per heavy atom. The maximum atomic E-state index is 13.0. The molecule has 3 aromatic rings. The van der Waals surface area contributed by atoms with Crippen LogP contribution in [0.1, 0.15) is 16.7 Å². The zero-order valence-corrected chi connectivity index (χ0v) is 23.3. The molecular weight excluding hydrogens is 716 g/mol. The number of halogens is 3. The van der Waals surface area contributed by atoms with Gasteiger partial charge in [0.25, 0.3) is 11.1 Å². The van der Waals surface area contributed by atoms with Crippen molar-refractivity contribution >= 4 is 90.1 Å². The van der Waals surface area contributed by atoms with E-state index in [4.69, 9.17) is 4.74 Å². The van der Waals surface area contributed by atoms with Crippen molar-refractivity contribution in [1.29, 1.82) is 0 Å². The Morgan fingerprint density at radius 3 is 2.41 bits per heavy atom. The van der Waals surface area contributed by atoms with E-state index in [0.717, 1.165) is 40.1 Å². The molecular formula is C24H16BrI2NO3S. The molecule has 4 rings (SSSR count). The maximum Gasteiger partial charge on any atom is 0.293 e. The third-order valence-corrected chi connectivity index (χ3v) is 7.54. The van der Waals surface area contributed by atoms with Crippen LogP contribution in [0.15, 0.2) is 76.1 Å². The Labute approximate surface area is 226 Å². The number of nitrogens with zero attached hydrogens (tertiary/aromatic N) is 1. The van der Waals surface area contributed by atoms with Gasteiger partial charge < -0.3 is 4.74 Å². The number of hydrogen-bond acceptors (Lipinski definition) is 4. The van der Waals surface area contributed by atoms with Gasteiger partial charge in [0, 0.05) is 13.6 Å². The lowest BCUT2D eigenvalue weighted by molar-refractivity contribution is -0.123. The highest BCUT2D eigenvalue weighted by molar-refractivity contribution is 14.1. The molecule has 0 aromatic heterocycles. The lowest BCUT2D eigenvalue weighted by Gasteiger charge is -2.13. The van der Waals surface area contributed by atoms with Gasteiger partial charge in [-0.05, 0) is 98.4 Å². The lowest BCUT2D eigenvalue weighted by Crippen LogP contribution is -2.27. The Kier molecular flexibility index (Phi) is 7.95. The van der Waals surface area contributed by atoms with Gasteiger partial charge in [-0.15, -0.1) is 0 Å². The normalized spacial score (nSPS) is 15.0. The van der Waals surface area contributed by atoms with Gasteiger partial charge in [0.1, 0.15) is 12.4 Å². The molecule has 0 N–H and O–H groups in total. The topological polar surface area (TPSA) is 46.6 Å². The summed E-state index contributed by atoms with van der Waals surface area (Å²) in [6.45, 7) is 0.666. The van der Waals surface area contributed by atoms with E-state index in [-0.39, 0.29) is 17.7 Å². The van der Waals surface area contributed by atoms with E-state index >= 15 is 0 Å². The fourth-order valence-corrected chi connectivity index (χ4v) is 6.26. The number of thioether (sulfide) groups is 1. The van der Waals surface area contributed by atoms with Gasteiger partial charge in [-0.2, -0.15) is 0 Å². The first-order chi connectivity index (χ1) is 15.4. The summed E-state index contributed by atoms with van der Waals surface area (Å²) >= 11 is 8.85. The smallest absolute Gasteiger partial charge is 0.293 e. The molecule has 2 amide bonds.